The summed E-state index contributed by atoms with van der Waals surface area (Å²) in [5.74, 6) is 0.476. The molecule has 0 saturated carbocycles. The Morgan fingerprint density at radius 3 is 3.00 bits per heavy atom. The third kappa shape index (κ3) is 1.79. The maximum Gasteiger partial charge on any atom is 0.349 e. The van der Waals surface area contributed by atoms with Crippen molar-refractivity contribution in [2.24, 2.45) is 0 Å². The van der Waals surface area contributed by atoms with E-state index in [1.165, 1.54) is 10.9 Å². The van der Waals surface area contributed by atoms with E-state index in [-0.39, 0.29) is 19.0 Å². The second-order valence-electron chi connectivity index (χ2n) is 4.44. The van der Waals surface area contributed by atoms with E-state index in [4.69, 9.17) is 21.3 Å². The van der Waals surface area contributed by atoms with Crippen LogP contribution in [0, 0.1) is 0 Å². The zero-order valence-electron chi connectivity index (χ0n) is 10.0. The first-order valence-corrected chi connectivity index (χ1v) is 5.85. The number of ether oxygens (including phenoxy) is 1. The lowest BCUT2D eigenvalue weighted by Crippen LogP contribution is -2.46. The second kappa shape index (κ2) is 4.30. The molecule has 1 unspecified atom stereocenters. The predicted molar refractivity (Wildman–Crippen MR) is 64.5 cm³/mol. The van der Waals surface area contributed by atoms with Crippen LogP contribution in [0.3, 0.4) is 0 Å². The monoisotopic (exact) mass is 267 g/mol. The van der Waals surface area contributed by atoms with Gasteiger partial charge in [-0.15, -0.1) is 0 Å². The van der Waals surface area contributed by atoms with Gasteiger partial charge in [-0.3, -0.25) is 0 Å². The summed E-state index contributed by atoms with van der Waals surface area (Å²) in [6.45, 7) is -0.266. The number of anilines is 2. The Morgan fingerprint density at radius 1 is 1.53 bits per heavy atom. The molecule has 0 aromatic carbocycles. The number of H-pyrrole nitrogens is 1. The van der Waals surface area contributed by atoms with E-state index >= 15 is 0 Å². The molecule has 1 aliphatic heterocycles. The molecule has 0 spiro atoms. The van der Waals surface area contributed by atoms with E-state index < -0.39 is 18.4 Å². The molecule has 19 heavy (non-hydrogen) atoms. The second-order valence-corrected chi connectivity index (χ2v) is 4.44. The first-order chi connectivity index (χ1) is 9.11. The minimum absolute atomic E-state index is 0.146. The number of nitrogens with two attached hydrogens (primary N) is 2. The van der Waals surface area contributed by atoms with Crippen molar-refractivity contribution < 1.29 is 19.5 Å². The number of aliphatic hydroxyl groups excluding tert-OH is 2. The van der Waals surface area contributed by atoms with E-state index in [9.17, 15) is 5.11 Å². The summed E-state index contributed by atoms with van der Waals surface area (Å²) in [6, 6.07) is 0. The van der Waals surface area contributed by atoms with Crippen molar-refractivity contribution in [3.05, 3.63) is 6.33 Å². The average Bonchev–Trinajstić information content (AvgIpc) is 2.95. The zero-order chi connectivity index (χ0) is 13.6. The Balaban J connectivity index is 2.05. The Kier molecular flexibility index (Phi) is 2.73. The van der Waals surface area contributed by atoms with Gasteiger partial charge in [0, 0.05) is 6.42 Å². The van der Waals surface area contributed by atoms with Crippen LogP contribution in [0.25, 0.3) is 11.2 Å². The molecule has 9 nitrogen and oxygen atoms in total. The summed E-state index contributed by atoms with van der Waals surface area (Å²) in [6.07, 6.45) is -0.218. The fourth-order valence-electron chi connectivity index (χ4n) is 2.31. The number of rotatable bonds is 2. The molecule has 9 heteroatoms. The summed E-state index contributed by atoms with van der Waals surface area (Å²) in [5.41, 5.74) is 12.9. The Bertz CT molecular complexity index is 615. The van der Waals surface area contributed by atoms with Crippen LogP contribution in [0.4, 0.5) is 11.8 Å². The van der Waals surface area contributed by atoms with Gasteiger partial charge in [0.1, 0.15) is 6.10 Å². The normalized spacial score (nSPS) is 27.2. The lowest BCUT2D eigenvalue weighted by atomic mass is 10.2. The number of nitrogens with zero attached hydrogens (tertiary/aromatic N) is 3. The van der Waals surface area contributed by atoms with Gasteiger partial charge >= 0.3 is 5.95 Å². The van der Waals surface area contributed by atoms with E-state index in [0.717, 1.165) is 0 Å². The standard InChI is InChI=1S/C10H14N6O3/c11-8-7-9(14-3-13-7)15-10(12)16(8)6-1-4(18)5(2-17)19-6/h3-6,17-18H,1-2H2,(H4,11,12,13,14,15)/p+1/t4-,5+,6?/m0/s1. The van der Waals surface area contributed by atoms with Crippen molar-refractivity contribution in [2.75, 3.05) is 18.1 Å². The predicted octanol–water partition coefficient (Wildman–Crippen LogP) is -1.95. The quantitative estimate of drug-likeness (QED) is 0.397. The van der Waals surface area contributed by atoms with Crippen LogP contribution in [0.5, 0.6) is 0 Å². The number of aromatic nitrogens is 4. The molecule has 0 radical (unpaired) electrons. The van der Waals surface area contributed by atoms with Gasteiger partial charge in [0.05, 0.1) is 19.0 Å². The highest BCUT2D eigenvalue weighted by Gasteiger charge is 2.38. The Labute approximate surface area is 107 Å². The van der Waals surface area contributed by atoms with Crippen LogP contribution < -0.4 is 16.0 Å². The first kappa shape index (κ1) is 12.1. The number of nitrogen functional groups attached to an aromatic ring is 2. The molecule has 1 fully saturated rings. The van der Waals surface area contributed by atoms with Crippen LogP contribution in [-0.4, -0.2) is 44.0 Å². The van der Waals surface area contributed by atoms with E-state index in [1.54, 1.807) is 0 Å². The van der Waals surface area contributed by atoms with Gasteiger partial charge < -0.3 is 31.4 Å². The Morgan fingerprint density at radius 2 is 2.32 bits per heavy atom. The number of imidazole rings is 1. The number of aliphatic hydroxyl groups is 2. The first-order valence-electron chi connectivity index (χ1n) is 5.85. The summed E-state index contributed by atoms with van der Waals surface area (Å²) in [4.78, 5) is 11.0. The number of hydrogen-bond acceptors (Lipinski definition) is 7. The van der Waals surface area contributed by atoms with E-state index in [1.807, 2.05) is 0 Å². The third-order valence-electron chi connectivity index (χ3n) is 3.27. The van der Waals surface area contributed by atoms with Gasteiger partial charge in [-0.1, -0.05) is 4.98 Å². The molecule has 102 valence electrons. The van der Waals surface area contributed by atoms with Crippen molar-refractivity contribution in [2.45, 2.75) is 24.9 Å². The minimum Gasteiger partial charge on any atom is -0.394 e. The van der Waals surface area contributed by atoms with Gasteiger partial charge in [-0.2, -0.15) is 4.57 Å². The Hall–Kier alpha value is -1.97. The molecule has 3 atom stereocenters. The van der Waals surface area contributed by atoms with Gasteiger partial charge in [0.25, 0.3) is 0 Å². The lowest BCUT2D eigenvalue weighted by molar-refractivity contribution is -0.735. The highest BCUT2D eigenvalue weighted by atomic mass is 16.5. The van der Waals surface area contributed by atoms with E-state index in [2.05, 4.69) is 15.0 Å². The van der Waals surface area contributed by atoms with Crippen molar-refractivity contribution in [1.82, 2.24) is 15.0 Å². The van der Waals surface area contributed by atoms with Crippen LogP contribution >= 0.6 is 0 Å². The largest absolute Gasteiger partial charge is 0.394 e. The summed E-state index contributed by atoms with van der Waals surface area (Å²) < 4.78 is 7.01. The summed E-state index contributed by atoms with van der Waals surface area (Å²) in [5, 5.41) is 18.8. The van der Waals surface area contributed by atoms with Crippen LogP contribution in [0.1, 0.15) is 12.6 Å². The smallest absolute Gasteiger partial charge is 0.349 e. The number of nitrogens with one attached hydrogen (secondary N) is 1. The molecule has 3 rings (SSSR count). The molecular weight excluding hydrogens is 252 g/mol. The molecule has 3 heterocycles. The number of aromatic amines is 1. The molecule has 2 aromatic heterocycles. The summed E-state index contributed by atoms with van der Waals surface area (Å²) in [7, 11) is 0. The molecule has 1 saturated heterocycles. The molecule has 0 bridgehead atoms. The maximum atomic E-state index is 9.76. The van der Waals surface area contributed by atoms with Crippen LogP contribution in [-0.2, 0) is 4.74 Å². The average molecular weight is 267 g/mol. The van der Waals surface area contributed by atoms with Crippen molar-refractivity contribution in [3.8, 4) is 0 Å². The van der Waals surface area contributed by atoms with Crippen LogP contribution in [0.2, 0.25) is 0 Å². The van der Waals surface area contributed by atoms with Gasteiger partial charge in [-0.25, -0.2) is 4.98 Å². The molecular formula is C10H15N6O3+. The highest BCUT2D eigenvalue weighted by Crippen LogP contribution is 2.27. The topological polar surface area (TPSA) is 147 Å². The zero-order valence-corrected chi connectivity index (χ0v) is 10.0. The van der Waals surface area contributed by atoms with E-state index in [0.29, 0.717) is 17.0 Å². The minimum atomic E-state index is -0.765. The molecule has 2 aromatic rings. The van der Waals surface area contributed by atoms with Gasteiger partial charge in [-0.05, 0) is 0 Å². The van der Waals surface area contributed by atoms with Crippen molar-refractivity contribution in [3.63, 3.8) is 0 Å². The molecule has 0 aliphatic carbocycles. The fourth-order valence-corrected chi connectivity index (χ4v) is 2.31. The van der Waals surface area contributed by atoms with Gasteiger partial charge in [0.2, 0.25) is 11.5 Å². The third-order valence-corrected chi connectivity index (χ3v) is 3.27. The van der Waals surface area contributed by atoms with Gasteiger partial charge in [0.15, 0.2) is 11.7 Å². The SMILES string of the molecule is Nc1nc2nc[nH]c2c(N)[n+]1C1C[C@H](O)[C@@H](CO)O1. The fraction of sp³-hybridized carbons (Fsp3) is 0.500. The number of fused-ring (bicyclic) bond motifs is 1. The molecule has 7 N–H and O–H groups in total. The van der Waals surface area contributed by atoms with Crippen molar-refractivity contribution >= 4 is 22.9 Å². The van der Waals surface area contributed by atoms with Crippen LogP contribution in [0.15, 0.2) is 6.33 Å². The molecule has 0 amide bonds. The number of hydrogen-bond donors (Lipinski definition) is 5. The highest BCUT2D eigenvalue weighted by molar-refractivity contribution is 5.79. The van der Waals surface area contributed by atoms with Crippen molar-refractivity contribution in [1.29, 1.82) is 0 Å². The molecule has 1 aliphatic rings. The summed E-state index contributed by atoms with van der Waals surface area (Å²) >= 11 is 0. The maximum absolute atomic E-state index is 9.76. The lowest BCUT2D eigenvalue weighted by Gasteiger charge is -2.14.